The number of benzene rings is 2. The molecule has 0 bridgehead atoms. The van der Waals surface area contributed by atoms with Gasteiger partial charge < -0.3 is 24.9 Å². The summed E-state index contributed by atoms with van der Waals surface area (Å²) in [6, 6.07) is 13.9. The van der Waals surface area contributed by atoms with Gasteiger partial charge in [0.25, 0.3) is 5.91 Å². The van der Waals surface area contributed by atoms with Crippen LogP contribution in [-0.4, -0.2) is 44.0 Å². The summed E-state index contributed by atoms with van der Waals surface area (Å²) in [5.74, 6) is 1.62. The molecule has 0 spiro atoms. The van der Waals surface area contributed by atoms with Crippen molar-refractivity contribution in [2.24, 2.45) is 10.9 Å². The maximum Gasteiger partial charge on any atom is 0.263 e. The number of ether oxygens (including phenoxy) is 2. The SMILES string of the molecule is COc1cc2c(cc1OC)CN(C(=O)CO/N=C(\N)CCc1ccccc1)CC2. The van der Waals surface area contributed by atoms with Gasteiger partial charge in [-0.1, -0.05) is 35.5 Å². The molecule has 2 N–H and O–H groups in total. The van der Waals surface area contributed by atoms with Gasteiger partial charge in [-0.15, -0.1) is 0 Å². The van der Waals surface area contributed by atoms with Crippen molar-refractivity contribution in [1.82, 2.24) is 4.90 Å². The molecule has 0 saturated heterocycles. The normalized spacial score (nSPS) is 13.6. The number of nitrogens with two attached hydrogens (primary N) is 1. The quantitative estimate of drug-likeness (QED) is 0.420. The molecule has 1 amide bonds. The Bertz CT molecular complexity index is 868. The molecule has 0 radical (unpaired) electrons. The van der Waals surface area contributed by atoms with Gasteiger partial charge in [-0.05, 0) is 41.7 Å². The van der Waals surface area contributed by atoms with Gasteiger partial charge in [0.2, 0.25) is 0 Å². The summed E-state index contributed by atoms with van der Waals surface area (Å²) in [6.07, 6.45) is 2.11. The van der Waals surface area contributed by atoms with Crippen LogP contribution < -0.4 is 15.2 Å². The van der Waals surface area contributed by atoms with E-state index in [4.69, 9.17) is 20.0 Å². The van der Waals surface area contributed by atoms with Crippen molar-refractivity contribution >= 4 is 11.7 Å². The average molecular weight is 397 g/mol. The first-order valence-electron chi connectivity index (χ1n) is 9.60. The first kappa shape index (κ1) is 20.5. The molecule has 0 atom stereocenters. The number of amides is 1. The predicted molar refractivity (Wildman–Crippen MR) is 111 cm³/mol. The van der Waals surface area contributed by atoms with E-state index in [0.717, 1.165) is 24.0 Å². The fourth-order valence-corrected chi connectivity index (χ4v) is 3.32. The lowest BCUT2D eigenvalue weighted by Gasteiger charge is -2.29. The Labute approximate surface area is 171 Å². The van der Waals surface area contributed by atoms with Crippen LogP contribution in [0.1, 0.15) is 23.1 Å². The van der Waals surface area contributed by atoms with Crippen LogP contribution in [0.4, 0.5) is 0 Å². The number of amidine groups is 1. The summed E-state index contributed by atoms with van der Waals surface area (Å²) in [5.41, 5.74) is 9.28. The second-order valence-corrected chi connectivity index (χ2v) is 6.88. The zero-order valence-electron chi connectivity index (χ0n) is 16.9. The predicted octanol–water partition coefficient (Wildman–Crippen LogP) is 2.51. The highest BCUT2D eigenvalue weighted by Crippen LogP contribution is 2.33. The van der Waals surface area contributed by atoms with Gasteiger partial charge in [0.05, 0.1) is 14.2 Å². The fourth-order valence-electron chi connectivity index (χ4n) is 3.32. The summed E-state index contributed by atoms with van der Waals surface area (Å²) >= 11 is 0. The van der Waals surface area contributed by atoms with Crippen LogP contribution in [0, 0.1) is 0 Å². The van der Waals surface area contributed by atoms with Crippen molar-refractivity contribution in [2.45, 2.75) is 25.8 Å². The van der Waals surface area contributed by atoms with E-state index in [1.165, 1.54) is 5.56 Å². The summed E-state index contributed by atoms with van der Waals surface area (Å²) in [4.78, 5) is 19.4. The first-order chi connectivity index (χ1) is 14.1. The lowest BCUT2D eigenvalue weighted by molar-refractivity contribution is -0.137. The van der Waals surface area contributed by atoms with E-state index in [0.29, 0.717) is 36.8 Å². The second kappa shape index (κ2) is 9.82. The minimum absolute atomic E-state index is 0.120. The van der Waals surface area contributed by atoms with E-state index in [2.05, 4.69) is 5.16 Å². The van der Waals surface area contributed by atoms with Crippen molar-refractivity contribution in [1.29, 1.82) is 0 Å². The molecule has 0 aromatic heterocycles. The lowest BCUT2D eigenvalue weighted by atomic mass is 9.99. The highest BCUT2D eigenvalue weighted by molar-refractivity contribution is 5.80. The summed E-state index contributed by atoms with van der Waals surface area (Å²) in [7, 11) is 3.22. The minimum atomic E-state index is -0.130. The Morgan fingerprint density at radius 2 is 1.79 bits per heavy atom. The topological polar surface area (TPSA) is 86.4 Å². The van der Waals surface area contributed by atoms with Crippen LogP contribution in [0.15, 0.2) is 47.6 Å². The van der Waals surface area contributed by atoms with Gasteiger partial charge in [0.1, 0.15) is 5.84 Å². The smallest absolute Gasteiger partial charge is 0.263 e. The van der Waals surface area contributed by atoms with E-state index in [1.54, 1.807) is 19.1 Å². The van der Waals surface area contributed by atoms with E-state index in [-0.39, 0.29) is 12.5 Å². The lowest BCUT2D eigenvalue weighted by Crippen LogP contribution is -2.38. The number of nitrogens with zero attached hydrogens (tertiary/aromatic N) is 2. The molecule has 0 aliphatic carbocycles. The molecule has 2 aromatic rings. The van der Waals surface area contributed by atoms with Crippen LogP contribution >= 0.6 is 0 Å². The molecule has 1 aliphatic heterocycles. The number of hydrogen-bond donors (Lipinski definition) is 1. The molecular formula is C22H27N3O4. The van der Waals surface area contributed by atoms with Crippen LogP contribution in [-0.2, 0) is 29.0 Å². The van der Waals surface area contributed by atoms with E-state index < -0.39 is 0 Å². The number of hydrogen-bond acceptors (Lipinski definition) is 5. The van der Waals surface area contributed by atoms with Crippen molar-refractivity contribution < 1.29 is 19.1 Å². The number of methoxy groups -OCH3 is 2. The third-order valence-corrected chi connectivity index (χ3v) is 4.95. The van der Waals surface area contributed by atoms with Crippen LogP contribution in [0.2, 0.25) is 0 Å². The highest BCUT2D eigenvalue weighted by atomic mass is 16.6. The Kier molecular flexibility index (Phi) is 6.94. The average Bonchev–Trinajstić information content (AvgIpc) is 2.76. The van der Waals surface area contributed by atoms with Crippen LogP contribution in [0.25, 0.3) is 0 Å². The van der Waals surface area contributed by atoms with E-state index in [1.807, 2.05) is 42.5 Å². The van der Waals surface area contributed by atoms with Gasteiger partial charge >= 0.3 is 0 Å². The monoisotopic (exact) mass is 397 g/mol. The van der Waals surface area contributed by atoms with Crippen LogP contribution in [0.3, 0.4) is 0 Å². The Hall–Kier alpha value is -3.22. The third kappa shape index (κ3) is 5.40. The van der Waals surface area contributed by atoms with Gasteiger partial charge in [0, 0.05) is 19.5 Å². The molecule has 29 heavy (non-hydrogen) atoms. The molecule has 7 nitrogen and oxygen atoms in total. The zero-order chi connectivity index (χ0) is 20.6. The molecule has 3 rings (SSSR count). The fraction of sp³-hybridized carbons (Fsp3) is 0.364. The summed E-state index contributed by atoms with van der Waals surface area (Å²) in [6.45, 7) is 0.998. The Morgan fingerprint density at radius 1 is 1.10 bits per heavy atom. The number of oxime groups is 1. The molecule has 154 valence electrons. The Morgan fingerprint density at radius 3 is 2.48 bits per heavy atom. The maximum absolute atomic E-state index is 12.5. The molecular weight excluding hydrogens is 370 g/mol. The number of carbonyl (C=O) groups excluding carboxylic acids is 1. The number of rotatable bonds is 8. The number of carbonyl (C=O) groups is 1. The van der Waals surface area contributed by atoms with Gasteiger partial charge in [-0.25, -0.2) is 0 Å². The number of aryl methyl sites for hydroxylation is 1. The van der Waals surface area contributed by atoms with Crippen molar-refractivity contribution in [3.8, 4) is 11.5 Å². The van der Waals surface area contributed by atoms with Gasteiger partial charge in [-0.2, -0.15) is 0 Å². The van der Waals surface area contributed by atoms with Crippen molar-refractivity contribution in [3.63, 3.8) is 0 Å². The van der Waals surface area contributed by atoms with Crippen molar-refractivity contribution in [3.05, 3.63) is 59.2 Å². The molecule has 2 aromatic carbocycles. The van der Waals surface area contributed by atoms with E-state index >= 15 is 0 Å². The summed E-state index contributed by atoms with van der Waals surface area (Å²) < 4.78 is 10.7. The maximum atomic E-state index is 12.5. The largest absolute Gasteiger partial charge is 0.493 e. The minimum Gasteiger partial charge on any atom is -0.493 e. The molecule has 1 heterocycles. The molecule has 0 unspecified atom stereocenters. The van der Waals surface area contributed by atoms with E-state index in [9.17, 15) is 4.79 Å². The highest BCUT2D eigenvalue weighted by Gasteiger charge is 2.23. The third-order valence-electron chi connectivity index (χ3n) is 4.95. The van der Waals surface area contributed by atoms with Gasteiger partial charge in [-0.3, -0.25) is 4.79 Å². The molecule has 0 fully saturated rings. The Balaban J connectivity index is 1.50. The zero-order valence-corrected chi connectivity index (χ0v) is 16.9. The number of fused-ring (bicyclic) bond motifs is 1. The molecule has 1 aliphatic rings. The standard InChI is InChI=1S/C22H27N3O4/c1-27-19-12-17-10-11-25(14-18(17)13-20(19)28-2)22(26)15-29-24-21(23)9-8-16-6-4-3-5-7-16/h3-7,12-13H,8-11,14-15H2,1-2H3,(H2,23,24). The summed E-state index contributed by atoms with van der Waals surface area (Å²) in [5, 5.41) is 3.88. The second-order valence-electron chi connectivity index (χ2n) is 6.88. The molecule has 7 heteroatoms. The van der Waals surface area contributed by atoms with Crippen LogP contribution in [0.5, 0.6) is 11.5 Å². The van der Waals surface area contributed by atoms with Crippen molar-refractivity contribution in [2.75, 3.05) is 27.4 Å². The first-order valence-corrected chi connectivity index (χ1v) is 9.60. The van der Waals surface area contributed by atoms with Gasteiger partial charge in [0.15, 0.2) is 18.1 Å². The molecule has 0 saturated carbocycles.